The zero-order valence-corrected chi connectivity index (χ0v) is 16.5. The summed E-state index contributed by atoms with van der Waals surface area (Å²) in [6, 6.07) is 12.8. The summed E-state index contributed by atoms with van der Waals surface area (Å²) in [4.78, 5) is 16.3. The van der Waals surface area contributed by atoms with Crippen LogP contribution in [-0.4, -0.2) is 25.1 Å². The van der Waals surface area contributed by atoms with Crippen molar-refractivity contribution in [3.8, 4) is 22.8 Å². The van der Waals surface area contributed by atoms with Gasteiger partial charge in [0.1, 0.15) is 11.5 Å². The van der Waals surface area contributed by atoms with Crippen molar-refractivity contribution in [2.24, 2.45) is 0 Å². The molecule has 1 amide bonds. The maximum absolute atomic E-state index is 12.1. The van der Waals surface area contributed by atoms with Gasteiger partial charge in [0.15, 0.2) is 11.7 Å². The molecular weight excluding hydrogens is 380 g/mol. The third-order valence-corrected chi connectivity index (χ3v) is 4.45. The van der Waals surface area contributed by atoms with Crippen LogP contribution in [0.25, 0.3) is 11.3 Å². The highest BCUT2D eigenvalue weighted by Gasteiger charge is 2.13. The molecule has 1 aromatic heterocycles. The number of rotatable bonds is 8. The molecular formula is C21H21ClN2O4. The van der Waals surface area contributed by atoms with Crippen LogP contribution >= 0.6 is 11.6 Å². The highest BCUT2D eigenvalue weighted by Crippen LogP contribution is 2.33. The molecule has 1 N–H and O–H groups in total. The summed E-state index contributed by atoms with van der Waals surface area (Å²) in [5, 5.41) is 3.54. The van der Waals surface area contributed by atoms with Crippen molar-refractivity contribution in [1.29, 1.82) is 0 Å². The van der Waals surface area contributed by atoms with E-state index < -0.39 is 0 Å². The van der Waals surface area contributed by atoms with Crippen molar-refractivity contribution >= 4 is 17.5 Å². The van der Waals surface area contributed by atoms with Crippen molar-refractivity contribution in [1.82, 2.24) is 10.3 Å². The minimum absolute atomic E-state index is 0.0725. The smallest absolute Gasteiger partial charge is 0.220 e. The molecule has 0 unspecified atom stereocenters. The maximum atomic E-state index is 12.1. The molecule has 0 bridgehead atoms. The largest absolute Gasteiger partial charge is 0.497 e. The van der Waals surface area contributed by atoms with Gasteiger partial charge in [-0.05, 0) is 29.8 Å². The number of aromatic nitrogens is 1. The number of hydrogen-bond acceptors (Lipinski definition) is 5. The summed E-state index contributed by atoms with van der Waals surface area (Å²) < 4.78 is 16.4. The number of ether oxygens (including phenoxy) is 2. The van der Waals surface area contributed by atoms with Crippen LogP contribution in [0.5, 0.6) is 11.5 Å². The van der Waals surface area contributed by atoms with E-state index in [0.717, 1.165) is 11.1 Å². The highest BCUT2D eigenvalue weighted by molar-refractivity contribution is 6.30. The highest BCUT2D eigenvalue weighted by atomic mass is 35.5. The first kappa shape index (κ1) is 19.8. The van der Waals surface area contributed by atoms with E-state index in [1.807, 2.05) is 24.3 Å². The van der Waals surface area contributed by atoms with Crippen LogP contribution in [0.3, 0.4) is 0 Å². The minimum atomic E-state index is -0.0725. The number of carbonyl (C=O) groups excluding carboxylic acids is 1. The fourth-order valence-corrected chi connectivity index (χ4v) is 2.79. The Kier molecular flexibility index (Phi) is 6.55. The van der Waals surface area contributed by atoms with Gasteiger partial charge >= 0.3 is 0 Å². The molecule has 0 atom stereocenters. The van der Waals surface area contributed by atoms with Gasteiger partial charge in [-0.25, -0.2) is 4.98 Å². The molecule has 0 aliphatic carbocycles. The van der Waals surface area contributed by atoms with Crippen LogP contribution in [0, 0.1) is 0 Å². The normalized spacial score (nSPS) is 10.5. The maximum Gasteiger partial charge on any atom is 0.220 e. The molecule has 0 saturated heterocycles. The third kappa shape index (κ3) is 5.04. The Bertz CT molecular complexity index is 938. The van der Waals surface area contributed by atoms with Gasteiger partial charge in [-0.2, -0.15) is 0 Å². The summed E-state index contributed by atoms with van der Waals surface area (Å²) in [5.74, 6) is 2.32. The molecule has 7 heteroatoms. The lowest BCUT2D eigenvalue weighted by atomic mass is 10.1. The molecule has 3 aromatic rings. The average Bonchev–Trinajstić information content (AvgIpc) is 3.20. The molecule has 0 saturated carbocycles. The van der Waals surface area contributed by atoms with E-state index in [4.69, 9.17) is 25.5 Å². The molecule has 28 heavy (non-hydrogen) atoms. The van der Waals surface area contributed by atoms with Gasteiger partial charge < -0.3 is 19.2 Å². The number of halogens is 1. The second kappa shape index (κ2) is 9.28. The molecule has 6 nitrogen and oxygen atoms in total. The van der Waals surface area contributed by atoms with Gasteiger partial charge in [-0.1, -0.05) is 23.7 Å². The molecule has 0 radical (unpaired) electrons. The van der Waals surface area contributed by atoms with Crippen molar-refractivity contribution in [3.63, 3.8) is 0 Å². The van der Waals surface area contributed by atoms with Crippen LogP contribution in [0.15, 0.2) is 53.1 Å². The van der Waals surface area contributed by atoms with Crippen molar-refractivity contribution in [2.75, 3.05) is 14.2 Å². The zero-order valence-electron chi connectivity index (χ0n) is 15.7. The van der Waals surface area contributed by atoms with E-state index in [0.29, 0.717) is 41.1 Å². The quantitative estimate of drug-likeness (QED) is 0.611. The Balaban J connectivity index is 1.56. The Labute approximate surface area is 168 Å². The van der Waals surface area contributed by atoms with E-state index in [1.54, 1.807) is 38.6 Å². The van der Waals surface area contributed by atoms with Crippen LogP contribution in [-0.2, 0) is 17.8 Å². The van der Waals surface area contributed by atoms with Crippen molar-refractivity contribution in [2.45, 2.75) is 19.4 Å². The van der Waals surface area contributed by atoms with Gasteiger partial charge in [-0.15, -0.1) is 0 Å². The molecule has 3 rings (SSSR count). The van der Waals surface area contributed by atoms with E-state index >= 15 is 0 Å². The number of methoxy groups -OCH3 is 2. The second-order valence-corrected chi connectivity index (χ2v) is 6.52. The fourth-order valence-electron chi connectivity index (χ4n) is 2.66. The summed E-state index contributed by atoms with van der Waals surface area (Å²) in [6.45, 7) is 0.454. The third-order valence-electron chi connectivity index (χ3n) is 4.20. The second-order valence-electron chi connectivity index (χ2n) is 6.09. The SMILES string of the molecule is COc1ccc(-c2cnc(CCC(=O)NCc3ccc(Cl)cc3)o2)c(OC)c1. The van der Waals surface area contributed by atoms with Gasteiger partial charge in [0.05, 0.1) is 26.0 Å². The van der Waals surface area contributed by atoms with Gasteiger partial charge in [0.25, 0.3) is 0 Å². The molecule has 0 spiro atoms. The predicted octanol–water partition coefficient (Wildman–Crippen LogP) is 4.26. The Hall–Kier alpha value is -2.99. The predicted molar refractivity (Wildman–Crippen MR) is 107 cm³/mol. The molecule has 2 aromatic carbocycles. The van der Waals surface area contributed by atoms with E-state index in [9.17, 15) is 4.79 Å². The minimum Gasteiger partial charge on any atom is -0.497 e. The van der Waals surface area contributed by atoms with Gasteiger partial charge in [0.2, 0.25) is 5.91 Å². The van der Waals surface area contributed by atoms with Crippen LogP contribution in [0.4, 0.5) is 0 Å². The first-order valence-electron chi connectivity index (χ1n) is 8.77. The van der Waals surface area contributed by atoms with E-state index in [2.05, 4.69) is 10.3 Å². The molecule has 0 aliphatic heterocycles. The van der Waals surface area contributed by atoms with Crippen molar-refractivity contribution < 1.29 is 18.7 Å². The molecule has 146 valence electrons. The standard InChI is InChI=1S/C21H21ClN2O4/c1-26-16-7-8-17(18(11-16)27-2)19-13-24-21(28-19)10-9-20(25)23-12-14-3-5-15(22)6-4-14/h3-8,11,13H,9-10,12H2,1-2H3,(H,23,25). The number of amides is 1. The summed E-state index contributed by atoms with van der Waals surface area (Å²) in [6.07, 6.45) is 2.32. The number of aryl methyl sites for hydroxylation is 1. The summed E-state index contributed by atoms with van der Waals surface area (Å²) in [5.41, 5.74) is 1.76. The fraction of sp³-hybridized carbons (Fsp3) is 0.238. The van der Waals surface area contributed by atoms with Gasteiger partial charge in [0, 0.05) is 30.5 Å². The first-order chi connectivity index (χ1) is 13.6. The first-order valence-corrected chi connectivity index (χ1v) is 9.15. The van der Waals surface area contributed by atoms with Gasteiger partial charge in [-0.3, -0.25) is 4.79 Å². The Morgan fingerprint density at radius 2 is 1.93 bits per heavy atom. The van der Waals surface area contributed by atoms with E-state index in [-0.39, 0.29) is 12.3 Å². The zero-order chi connectivity index (χ0) is 19.9. The Morgan fingerprint density at radius 1 is 1.14 bits per heavy atom. The number of carbonyl (C=O) groups is 1. The Morgan fingerprint density at radius 3 is 2.64 bits per heavy atom. The molecule has 0 aliphatic rings. The lowest BCUT2D eigenvalue weighted by molar-refractivity contribution is -0.121. The van der Waals surface area contributed by atoms with Crippen molar-refractivity contribution in [3.05, 3.63) is 65.1 Å². The number of nitrogens with one attached hydrogen (secondary N) is 1. The average molecular weight is 401 g/mol. The number of benzene rings is 2. The lowest BCUT2D eigenvalue weighted by Crippen LogP contribution is -2.22. The summed E-state index contributed by atoms with van der Waals surface area (Å²) in [7, 11) is 3.18. The topological polar surface area (TPSA) is 73.6 Å². The van der Waals surface area contributed by atoms with Crippen LogP contribution in [0.1, 0.15) is 17.9 Å². The summed E-state index contributed by atoms with van der Waals surface area (Å²) >= 11 is 5.85. The van der Waals surface area contributed by atoms with Crippen LogP contribution < -0.4 is 14.8 Å². The van der Waals surface area contributed by atoms with E-state index in [1.165, 1.54) is 0 Å². The number of hydrogen-bond donors (Lipinski definition) is 1. The molecule has 0 fully saturated rings. The number of oxazole rings is 1. The monoisotopic (exact) mass is 400 g/mol. The van der Waals surface area contributed by atoms with Crippen LogP contribution in [0.2, 0.25) is 5.02 Å². The molecule has 1 heterocycles. The lowest BCUT2D eigenvalue weighted by Gasteiger charge is -2.08. The number of nitrogens with zero attached hydrogens (tertiary/aromatic N) is 1.